The maximum atomic E-state index is 13.9. The molecule has 2 amide bonds. The van der Waals surface area contributed by atoms with E-state index in [4.69, 9.17) is 16.3 Å². The first kappa shape index (κ1) is 19.6. The molecule has 1 saturated heterocycles. The van der Waals surface area contributed by atoms with E-state index in [1.165, 1.54) is 30.1 Å². The number of hydrogen-bond donors (Lipinski definition) is 2. The quantitative estimate of drug-likeness (QED) is 0.762. The van der Waals surface area contributed by atoms with Gasteiger partial charge in [-0.2, -0.15) is 0 Å². The van der Waals surface area contributed by atoms with Crippen LogP contribution < -0.4 is 10.6 Å². The average Bonchev–Trinajstić information content (AvgIpc) is 2.97. The third kappa shape index (κ3) is 3.64. The number of carbonyl (C=O) groups excluding carboxylic acids is 2. The molecule has 0 spiro atoms. The summed E-state index contributed by atoms with van der Waals surface area (Å²) in [6.45, 7) is 5.86. The molecule has 1 fully saturated rings. The molecule has 7 nitrogen and oxygen atoms in total. The van der Waals surface area contributed by atoms with Crippen molar-refractivity contribution in [2.24, 2.45) is 10.9 Å². The van der Waals surface area contributed by atoms with Crippen LogP contribution >= 0.6 is 11.6 Å². The van der Waals surface area contributed by atoms with Crippen LogP contribution in [0.15, 0.2) is 23.2 Å². The first-order valence-electron chi connectivity index (χ1n) is 8.57. The Morgan fingerprint density at radius 1 is 1.48 bits per heavy atom. The molecule has 0 saturated carbocycles. The molecule has 1 aromatic carbocycles. The van der Waals surface area contributed by atoms with Crippen molar-refractivity contribution in [1.82, 2.24) is 15.5 Å². The molecule has 2 atom stereocenters. The highest BCUT2D eigenvalue weighted by molar-refractivity contribution is 6.31. The van der Waals surface area contributed by atoms with E-state index in [1.54, 1.807) is 20.8 Å². The number of aliphatic imine (C=N–C) groups is 1. The minimum atomic E-state index is -1.10. The van der Waals surface area contributed by atoms with Crippen LogP contribution in [0.5, 0.6) is 0 Å². The van der Waals surface area contributed by atoms with Crippen molar-refractivity contribution in [1.29, 1.82) is 0 Å². The number of alkyl carbamates (subject to hydrolysis) is 1. The zero-order valence-corrected chi connectivity index (χ0v) is 16.4. The molecule has 1 aromatic rings. The van der Waals surface area contributed by atoms with Gasteiger partial charge in [-0.05, 0) is 39.0 Å². The van der Waals surface area contributed by atoms with E-state index < -0.39 is 29.0 Å². The van der Waals surface area contributed by atoms with Gasteiger partial charge in [-0.3, -0.25) is 15.0 Å². The van der Waals surface area contributed by atoms with Crippen LogP contribution in [0, 0.1) is 11.7 Å². The van der Waals surface area contributed by atoms with Gasteiger partial charge in [0.25, 0.3) is 0 Å². The lowest BCUT2D eigenvalue weighted by Gasteiger charge is -2.39. The summed E-state index contributed by atoms with van der Waals surface area (Å²) in [7, 11) is 1.52. The third-order valence-electron chi connectivity index (χ3n) is 4.58. The van der Waals surface area contributed by atoms with Crippen LogP contribution in [-0.2, 0) is 15.1 Å². The van der Waals surface area contributed by atoms with E-state index in [1.807, 2.05) is 0 Å². The van der Waals surface area contributed by atoms with Crippen LogP contribution in [0.25, 0.3) is 0 Å². The Morgan fingerprint density at radius 3 is 2.85 bits per heavy atom. The van der Waals surface area contributed by atoms with E-state index in [0.29, 0.717) is 23.7 Å². The highest BCUT2D eigenvalue weighted by atomic mass is 35.5. The zero-order chi connectivity index (χ0) is 20.0. The summed E-state index contributed by atoms with van der Waals surface area (Å²) in [4.78, 5) is 31.0. The first-order chi connectivity index (χ1) is 12.5. The monoisotopic (exact) mass is 396 g/mol. The van der Waals surface area contributed by atoms with Crippen molar-refractivity contribution in [2.75, 3.05) is 20.1 Å². The van der Waals surface area contributed by atoms with Gasteiger partial charge in [0.2, 0.25) is 11.9 Å². The molecule has 0 bridgehead atoms. The molecule has 0 aromatic heterocycles. The summed E-state index contributed by atoms with van der Waals surface area (Å²) in [5.74, 6) is -1.25. The Balaban J connectivity index is 2.05. The van der Waals surface area contributed by atoms with Crippen molar-refractivity contribution in [3.8, 4) is 0 Å². The van der Waals surface area contributed by atoms with Gasteiger partial charge in [-0.15, -0.1) is 0 Å². The number of benzene rings is 1. The predicted octanol–water partition coefficient (Wildman–Crippen LogP) is 2.25. The Hall–Kier alpha value is -2.19. The lowest BCUT2D eigenvalue weighted by atomic mass is 9.79. The number of hydrogen-bond acceptors (Lipinski definition) is 5. The van der Waals surface area contributed by atoms with Crippen LogP contribution in [0.4, 0.5) is 9.18 Å². The van der Waals surface area contributed by atoms with Crippen molar-refractivity contribution in [3.63, 3.8) is 0 Å². The van der Waals surface area contributed by atoms with Crippen molar-refractivity contribution in [2.45, 2.75) is 31.9 Å². The van der Waals surface area contributed by atoms with E-state index in [-0.39, 0.29) is 11.9 Å². The minimum absolute atomic E-state index is 0.0366. The molecule has 27 heavy (non-hydrogen) atoms. The third-order valence-corrected chi connectivity index (χ3v) is 4.91. The van der Waals surface area contributed by atoms with E-state index in [0.717, 1.165) is 0 Å². The smallest absolute Gasteiger partial charge is 0.414 e. The van der Waals surface area contributed by atoms with Crippen LogP contribution in [-0.4, -0.2) is 48.6 Å². The van der Waals surface area contributed by atoms with Crippen LogP contribution in [0.2, 0.25) is 5.02 Å². The highest BCUT2D eigenvalue weighted by Crippen LogP contribution is 2.43. The number of carbonyl (C=O) groups is 2. The number of halogens is 2. The highest BCUT2D eigenvalue weighted by Gasteiger charge is 2.54. The molecule has 2 heterocycles. The molecule has 3 rings (SSSR count). The summed E-state index contributed by atoms with van der Waals surface area (Å²) >= 11 is 6.31. The lowest BCUT2D eigenvalue weighted by Crippen LogP contribution is -2.57. The Labute approximate surface area is 161 Å². The van der Waals surface area contributed by atoms with Crippen molar-refractivity contribution >= 4 is 29.6 Å². The minimum Gasteiger partial charge on any atom is -0.444 e. The molecule has 2 aliphatic rings. The topological polar surface area (TPSA) is 83.0 Å². The Kier molecular flexibility index (Phi) is 4.90. The summed E-state index contributed by atoms with van der Waals surface area (Å²) in [5.41, 5.74) is -1.40. The van der Waals surface area contributed by atoms with Crippen LogP contribution in [0.3, 0.4) is 0 Å². The second kappa shape index (κ2) is 6.76. The largest absolute Gasteiger partial charge is 0.444 e. The molecule has 2 aliphatic heterocycles. The Bertz CT molecular complexity index is 823. The lowest BCUT2D eigenvalue weighted by molar-refractivity contribution is -0.132. The fraction of sp³-hybridized carbons (Fsp3) is 0.500. The molecule has 0 aliphatic carbocycles. The fourth-order valence-electron chi connectivity index (χ4n) is 3.39. The molecule has 2 N–H and O–H groups in total. The van der Waals surface area contributed by atoms with E-state index in [2.05, 4.69) is 15.6 Å². The van der Waals surface area contributed by atoms with Gasteiger partial charge in [0.1, 0.15) is 17.0 Å². The van der Waals surface area contributed by atoms with Gasteiger partial charge in [0.05, 0.1) is 5.92 Å². The number of fused-ring (bicyclic) bond motifs is 1. The normalized spacial score (nSPS) is 25.1. The fourth-order valence-corrected chi connectivity index (χ4v) is 3.67. The van der Waals surface area contributed by atoms with Gasteiger partial charge in [-0.25, -0.2) is 14.2 Å². The summed E-state index contributed by atoms with van der Waals surface area (Å²) < 4.78 is 19.2. The number of nitrogens with one attached hydrogen (secondary N) is 2. The van der Waals surface area contributed by atoms with Crippen molar-refractivity contribution < 1.29 is 18.7 Å². The molecule has 0 unspecified atom stereocenters. The van der Waals surface area contributed by atoms with Gasteiger partial charge < -0.3 is 10.1 Å². The number of guanidine groups is 1. The molecule has 0 radical (unpaired) electrons. The number of ether oxygens (including phenoxy) is 1. The maximum Gasteiger partial charge on any atom is 0.414 e. The molecule has 9 heteroatoms. The molecular weight excluding hydrogens is 375 g/mol. The molecular formula is C18H22ClFN4O3. The molecule has 146 valence electrons. The van der Waals surface area contributed by atoms with Gasteiger partial charge in [0, 0.05) is 30.7 Å². The number of amides is 2. The first-order valence-corrected chi connectivity index (χ1v) is 8.95. The van der Waals surface area contributed by atoms with Gasteiger partial charge in [-0.1, -0.05) is 11.6 Å². The maximum absolute atomic E-state index is 13.9. The van der Waals surface area contributed by atoms with E-state index in [9.17, 15) is 14.0 Å². The SMILES string of the molecule is CN1C(=O)[C@@H]2CNC[C@]2(c2cc(F)ccc2Cl)N=C1NC(=O)OC(C)(C)C. The Morgan fingerprint density at radius 2 is 2.19 bits per heavy atom. The summed E-state index contributed by atoms with van der Waals surface area (Å²) in [6, 6.07) is 3.98. The van der Waals surface area contributed by atoms with Crippen LogP contribution in [0.1, 0.15) is 26.3 Å². The van der Waals surface area contributed by atoms with Crippen molar-refractivity contribution in [3.05, 3.63) is 34.6 Å². The number of nitrogens with zero attached hydrogens (tertiary/aromatic N) is 2. The second-order valence-electron chi connectivity index (χ2n) is 7.69. The predicted molar refractivity (Wildman–Crippen MR) is 99.0 cm³/mol. The summed E-state index contributed by atoms with van der Waals surface area (Å²) in [5, 5.41) is 5.97. The van der Waals surface area contributed by atoms with E-state index >= 15 is 0 Å². The average molecular weight is 397 g/mol. The second-order valence-corrected chi connectivity index (χ2v) is 8.10. The van der Waals surface area contributed by atoms with Gasteiger partial charge in [0.15, 0.2) is 0 Å². The standard InChI is InChI=1S/C18H22ClFN4O3/c1-17(2,3)27-16(26)22-15-23-18(11-7-10(20)5-6-13(11)19)9-21-8-12(18)14(25)24(15)4/h5-7,12,21H,8-9H2,1-4H3,(H,22,23,26)/t12-,18+/m0/s1. The number of rotatable bonds is 1. The summed E-state index contributed by atoms with van der Waals surface area (Å²) in [6.07, 6.45) is -0.731. The zero-order valence-electron chi connectivity index (χ0n) is 15.6. The van der Waals surface area contributed by atoms with Gasteiger partial charge >= 0.3 is 6.09 Å².